The average molecular weight is 271 g/mol. The molecule has 0 heterocycles. The van der Waals surface area contributed by atoms with E-state index in [4.69, 9.17) is 5.73 Å². The van der Waals surface area contributed by atoms with Gasteiger partial charge in [0.25, 0.3) is 11.6 Å². The Labute approximate surface area is 115 Å². The topological polar surface area (TPSA) is 98.3 Å². The largest absolute Gasteiger partial charge is 0.399 e. The quantitative estimate of drug-likeness (QED) is 0.509. The fourth-order valence-corrected chi connectivity index (χ4v) is 1.73. The number of anilines is 2. The Balaban J connectivity index is 2.31. The van der Waals surface area contributed by atoms with E-state index in [9.17, 15) is 14.9 Å². The number of nitrogen functional groups attached to an aromatic ring is 1. The van der Waals surface area contributed by atoms with Crippen LogP contribution in [0.1, 0.15) is 15.9 Å². The Kier molecular flexibility index (Phi) is 3.65. The fourth-order valence-electron chi connectivity index (χ4n) is 1.73. The maximum atomic E-state index is 12.1. The van der Waals surface area contributed by atoms with Gasteiger partial charge in [-0.1, -0.05) is 17.7 Å². The van der Waals surface area contributed by atoms with Gasteiger partial charge < -0.3 is 11.1 Å². The molecule has 0 bridgehead atoms. The predicted octanol–water partition coefficient (Wildman–Crippen LogP) is 2.74. The van der Waals surface area contributed by atoms with E-state index in [1.807, 2.05) is 19.1 Å². The van der Waals surface area contributed by atoms with Crippen LogP contribution >= 0.6 is 0 Å². The van der Waals surface area contributed by atoms with Crippen LogP contribution in [-0.4, -0.2) is 10.8 Å². The Bertz CT molecular complexity index is 666. The Morgan fingerprint density at radius 2 is 1.85 bits per heavy atom. The molecule has 0 aliphatic carbocycles. The first kappa shape index (κ1) is 13.5. The lowest BCUT2D eigenvalue weighted by Crippen LogP contribution is -2.14. The minimum Gasteiger partial charge on any atom is -0.399 e. The number of hydrogen-bond donors (Lipinski definition) is 2. The van der Waals surface area contributed by atoms with E-state index in [0.29, 0.717) is 11.4 Å². The van der Waals surface area contributed by atoms with Crippen molar-refractivity contribution in [2.24, 2.45) is 0 Å². The van der Waals surface area contributed by atoms with E-state index in [2.05, 4.69) is 5.32 Å². The van der Waals surface area contributed by atoms with Crippen LogP contribution in [0.5, 0.6) is 0 Å². The molecule has 2 aromatic rings. The highest BCUT2D eigenvalue weighted by Gasteiger charge is 2.20. The molecule has 2 rings (SSSR count). The number of nitrogens with one attached hydrogen (secondary N) is 1. The third kappa shape index (κ3) is 2.92. The van der Waals surface area contributed by atoms with Crippen molar-refractivity contribution in [3.63, 3.8) is 0 Å². The molecule has 2 aromatic carbocycles. The van der Waals surface area contributed by atoms with E-state index >= 15 is 0 Å². The number of nitrogens with two attached hydrogens (primary N) is 1. The standard InChI is InChI=1S/C14H13N3O3/c1-9-2-5-11(6-3-9)16-14(18)12-8-10(15)4-7-13(12)17(19)20/h2-8H,15H2,1H3,(H,16,18). The summed E-state index contributed by atoms with van der Waals surface area (Å²) >= 11 is 0. The lowest BCUT2D eigenvalue weighted by atomic mass is 10.1. The molecule has 1 amide bonds. The summed E-state index contributed by atoms with van der Waals surface area (Å²) in [5, 5.41) is 13.5. The van der Waals surface area contributed by atoms with Gasteiger partial charge in [-0.3, -0.25) is 14.9 Å². The molecule has 0 aliphatic heterocycles. The van der Waals surface area contributed by atoms with E-state index < -0.39 is 10.8 Å². The van der Waals surface area contributed by atoms with Gasteiger partial charge in [-0.15, -0.1) is 0 Å². The number of nitro benzene ring substituents is 1. The van der Waals surface area contributed by atoms with Crippen molar-refractivity contribution < 1.29 is 9.72 Å². The molecule has 3 N–H and O–H groups in total. The Hall–Kier alpha value is -2.89. The van der Waals surface area contributed by atoms with Gasteiger partial charge in [0.1, 0.15) is 5.56 Å². The number of nitro groups is 1. The molecule has 0 atom stereocenters. The van der Waals surface area contributed by atoms with E-state index in [-0.39, 0.29) is 11.3 Å². The normalized spacial score (nSPS) is 10.1. The molecule has 0 radical (unpaired) electrons. The minimum absolute atomic E-state index is 0.0597. The molecule has 0 spiro atoms. The maximum Gasteiger partial charge on any atom is 0.282 e. The van der Waals surface area contributed by atoms with Crippen molar-refractivity contribution in [2.45, 2.75) is 6.92 Å². The van der Waals surface area contributed by atoms with Crippen molar-refractivity contribution in [1.29, 1.82) is 0 Å². The van der Waals surface area contributed by atoms with Crippen LogP contribution in [0.4, 0.5) is 17.1 Å². The highest BCUT2D eigenvalue weighted by molar-refractivity contribution is 6.07. The van der Waals surface area contributed by atoms with Crippen LogP contribution in [0.3, 0.4) is 0 Å². The number of benzene rings is 2. The molecule has 0 aliphatic rings. The average Bonchev–Trinajstić information content (AvgIpc) is 2.41. The molecule has 20 heavy (non-hydrogen) atoms. The molecule has 6 nitrogen and oxygen atoms in total. The lowest BCUT2D eigenvalue weighted by Gasteiger charge is -2.07. The van der Waals surface area contributed by atoms with E-state index in [1.54, 1.807) is 12.1 Å². The van der Waals surface area contributed by atoms with Crippen molar-refractivity contribution >= 4 is 23.0 Å². The van der Waals surface area contributed by atoms with Crippen molar-refractivity contribution in [1.82, 2.24) is 0 Å². The summed E-state index contributed by atoms with van der Waals surface area (Å²) < 4.78 is 0. The Morgan fingerprint density at radius 1 is 1.20 bits per heavy atom. The lowest BCUT2D eigenvalue weighted by molar-refractivity contribution is -0.385. The number of amides is 1. The summed E-state index contributed by atoms with van der Waals surface area (Å²) in [7, 11) is 0. The molecule has 0 unspecified atom stereocenters. The summed E-state index contributed by atoms with van der Waals surface area (Å²) in [4.78, 5) is 22.4. The number of hydrogen-bond acceptors (Lipinski definition) is 4. The fraction of sp³-hybridized carbons (Fsp3) is 0.0714. The van der Waals surface area contributed by atoms with Crippen molar-refractivity contribution in [3.8, 4) is 0 Å². The van der Waals surface area contributed by atoms with Gasteiger partial charge in [0.15, 0.2) is 0 Å². The minimum atomic E-state index is -0.608. The molecule has 0 aromatic heterocycles. The zero-order valence-corrected chi connectivity index (χ0v) is 10.8. The third-order valence-corrected chi connectivity index (χ3v) is 2.77. The first-order valence-electron chi connectivity index (χ1n) is 5.89. The second-order valence-electron chi connectivity index (χ2n) is 4.35. The summed E-state index contributed by atoms with van der Waals surface area (Å²) in [6.07, 6.45) is 0. The van der Waals surface area contributed by atoms with Gasteiger partial charge in [-0.05, 0) is 31.2 Å². The smallest absolute Gasteiger partial charge is 0.282 e. The molecule has 102 valence electrons. The van der Waals surface area contributed by atoms with Crippen LogP contribution < -0.4 is 11.1 Å². The highest BCUT2D eigenvalue weighted by Crippen LogP contribution is 2.22. The molecule has 0 fully saturated rings. The molecule has 0 saturated heterocycles. The second-order valence-corrected chi connectivity index (χ2v) is 4.35. The van der Waals surface area contributed by atoms with Crippen LogP contribution in [0.2, 0.25) is 0 Å². The summed E-state index contributed by atoms with van der Waals surface area (Å²) in [6.45, 7) is 1.92. The molecule has 0 saturated carbocycles. The van der Waals surface area contributed by atoms with Crippen molar-refractivity contribution in [3.05, 3.63) is 63.7 Å². The SMILES string of the molecule is Cc1ccc(NC(=O)c2cc(N)ccc2[N+](=O)[O-])cc1. The molecular weight excluding hydrogens is 258 g/mol. The third-order valence-electron chi connectivity index (χ3n) is 2.77. The zero-order chi connectivity index (χ0) is 14.7. The Morgan fingerprint density at radius 3 is 2.45 bits per heavy atom. The highest BCUT2D eigenvalue weighted by atomic mass is 16.6. The van der Waals surface area contributed by atoms with E-state index in [1.165, 1.54) is 18.2 Å². The van der Waals surface area contributed by atoms with Crippen molar-refractivity contribution in [2.75, 3.05) is 11.1 Å². The number of carbonyl (C=O) groups is 1. The molecule has 6 heteroatoms. The molecular formula is C14H13N3O3. The van der Waals surface area contributed by atoms with Gasteiger partial charge in [-0.2, -0.15) is 0 Å². The number of aryl methyl sites for hydroxylation is 1. The first-order chi connectivity index (χ1) is 9.47. The van der Waals surface area contributed by atoms with Crippen LogP contribution in [-0.2, 0) is 0 Å². The van der Waals surface area contributed by atoms with Gasteiger partial charge >= 0.3 is 0 Å². The monoisotopic (exact) mass is 271 g/mol. The number of carbonyl (C=O) groups excluding carboxylic acids is 1. The van der Waals surface area contributed by atoms with Crippen LogP contribution in [0, 0.1) is 17.0 Å². The van der Waals surface area contributed by atoms with Gasteiger partial charge in [0.2, 0.25) is 0 Å². The number of rotatable bonds is 3. The predicted molar refractivity (Wildman–Crippen MR) is 76.6 cm³/mol. The van der Waals surface area contributed by atoms with Gasteiger partial charge in [-0.25, -0.2) is 0 Å². The van der Waals surface area contributed by atoms with E-state index in [0.717, 1.165) is 5.56 Å². The summed E-state index contributed by atoms with van der Waals surface area (Å²) in [6, 6.07) is 11.0. The second kappa shape index (κ2) is 5.40. The first-order valence-corrected chi connectivity index (χ1v) is 5.89. The van der Waals surface area contributed by atoms with Crippen LogP contribution in [0.25, 0.3) is 0 Å². The zero-order valence-electron chi connectivity index (χ0n) is 10.8. The summed E-state index contributed by atoms with van der Waals surface area (Å²) in [5.41, 5.74) is 7.16. The maximum absolute atomic E-state index is 12.1. The van der Waals surface area contributed by atoms with Crippen LogP contribution in [0.15, 0.2) is 42.5 Å². The summed E-state index contributed by atoms with van der Waals surface area (Å²) in [5.74, 6) is -0.562. The van der Waals surface area contributed by atoms with Gasteiger partial charge in [0.05, 0.1) is 4.92 Å². The van der Waals surface area contributed by atoms with Gasteiger partial charge in [0, 0.05) is 17.4 Å². The number of nitrogens with zero attached hydrogens (tertiary/aromatic N) is 1.